The van der Waals surface area contributed by atoms with Gasteiger partial charge in [0.25, 0.3) is 0 Å². The van der Waals surface area contributed by atoms with E-state index >= 15 is 0 Å². The van der Waals surface area contributed by atoms with Crippen molar-refractivity contribution in [2.24, 2.45) is 0 Å². The standard InChI is InChI=1S/C17H19F3N4O3S/c1-10-6-14(23-27-10)22-16(26)9-28-8-15(25)21-12-7-11(17(18,19)20)4-5-13(12)24(2)3/h4-7H,8-9H2,1-3H3,(H,21,25)(H,22,23,26). The fraction of sp³-hybridized carbons (Fsp3) is 0.353. The Balaban J connectivity index is 1.92. The minimum absolute atomic E-state index is 0.0253. The molecule has 0 aliphatic rings. The summed E-state index contributed by atoms with van der Waals surface area (Å²) in [6, 6.07) is 4.68. The van der Waals surface area contributed by atoms with Crippen molar-refractivity contribution in [3.05, 3.63) is 35.6 Å². The van der Waals surface area contributed by atoms with Gasteiger partial charge in [-0.3, -0.25) is 9.59 Å². The van der Waals surface area contributed by atoms with Crippen LogP contribution in [-0.4, -0.2) is 42.6 Å². The van der Waals surface area contributed by atoms with Crippen molar-refractivity contribution in [3.8, 4) is 0 Å². The lowest BCUT2D eigenvalue weighted by Gasteiger charge is -2.19. The van der Waals surface area contributed by atoms with Crippen LogP contribution in [0.1, 0.15) is 11.3 Å². The van der Waals surface area contributed by atoms with Crippen molar-refractivity contribution in [2.75, 3.05) is 41.1 Å². The average Bonchev–Trinajstić information content (AvgIpc) is 2.98. The third-order valence-electron chi connectivity index (χ3n) is 3.44. The van der Waals surface area contributed by atoms with E-state index in [2.05, 4.69) is 15.8 Å². The van der Waals surface area contributed by atoms with Gasteiger partial charge in [0, 0.05) is 20.2 Å². The molecule has 2 N–H and O–H groups in total. The molecule has 2 amide bonds. The lowest BCUT2D eigenvalue weighted by Crippen LogP contribution is -2.20. The van der Waals surface area contributed by atoms with Crippen molar-refractivity contribution in [1.82, 2.24) is 5.16 Å². The van der Waals surface area contributed by atoms with E-state index in [9.17, 15) is 22.8 Å². The Labute approximate surface area is 163 Å². The SMILES string of the molecule is Cc1cc(NC(=O)CSCC(=O)Nc2cc(C(F)(F)F)ccc2N(C)C)no1. The van der Waals surface area contributed by atoms with Gasteiger partial charge in [0.05, 0.1) is 28.4 Å². The summed E-state index contributed by atoms with van der Waals surface area (Å²) in [6.45, 7) is 1.68. The largest absolute Gasteiger partial charge is 0.416 e. The summed E-state index contributed by atoms with van der Waals surface area (Å²) in [6.07, 6.45) is -4.52. The highest BCUT2D eigenvalue weighted by Gasteiger charge is 2.31. The van der Waals surface area contributed by atoms with Gasteiger partial charge in [-0.05, 0) is 25.1 Å². The lowest BCUT2D eigenvalue weighted by atomic mass is 10.1. The molecule has 0 aliphatic carbocycles. The zero-order valence-electron chi connectivity index (χ0n) is 15.4. The second-order valence-electron chi connectivity index (χ2n) is 6.04. The predicted octanol–water partition coefficient (Wildman–Crippen LogP) is 3.38. The van der Waals surface area contributed by atoms with E-state index in [1.807, 2.05) is 0 Å². The van der Waals surface area contributed by atoms with Gasteiger partial charge in [-0.1, -0.05) is 5.16 Å². The number of nitrogens with one attached hydrogen (secondary N) is 2. The van der Waals surface area contributed by atoms with Crippen LogP contribution in [0.4, 0.5) is 30.4 Å². The number of amides is 2. The van der Waals surface area contributed by atoms with Gasteiger partial charge in [-0.2, -0.15) is 13.2 Å². The molecule has 0 radical (unpaired) electrons. The normalized spacial score (nSPS) is 11.2. The van der Waals surface area contributed by atoms with Crippen LogP contribution in [0.3, 0.4) is 0 Å². The summed E-state index contributed by atoms with van der Waals surface area (Å²) in [5.41, 5.74) is -0.373. The molecule has 1 aromatic heterocycles. The lowest BCUT2D eigenvalue weighted by molar-refractivity contribution is -0.137. The maximum absolute atomic E-state index is 12.9. The Morgan fingerprint density at radius 1 is 1.14 bits per heavy atom. The van der Waals surface area contributed by atoms with Gasteiger partial charge in [0.2, 0.25) is 11.8 Å². The molecule has 0 spiro atoms. The molecule has 2 rings (SSSR count). The van der Waals surface area contributed by atoms with Crippen molar-refractivity contribution in [2.45, 2.75) is 13.1 Å². The summed E-state index contributed by atoms with van der Waals surface area (Å²) in [5, 5.41) is 8.59. The quantitative estimate of drug-likeness (QED) is 0.720. The molecule has 0 bridgehead atoms. The van der Waals surface area contributed by atoms with Gasteiger partial charge < -0.3 is 20.1 Å². The fourth-order valence-corrected chi connectivity index (χ4v) is 2.85. The summed E-state index contributed by atoms with van der Waals surface area (Å²) < 4.78 is 43.6. The number of carbonyl (C=O) groups is 2. The van der Waals surface area contributed by atoms with Crippen molar-refractivity contribution in [1.29, 1.82) is 0 Å². The molecule has 2 aromatic rings. The Hall–Kier alpha value is -2.69. The number of thioether (sulfide) groups is 1. The van der Waals surface area contributed by atoms with E-state index in [-0.39, 0.29) is 28.9 Å². The van der Waals surface area contributed by atoms with Crippen molar-refractivity contribution >= 4 is 40.8 Å². The second-order valence-corrected chi connectivity index (χ2v) is 7.02. The number of nitrogens with zero attached hydrogens (tertiary/aromatic N) is 2. The monoisotopic (exact) mass is 416 g/mol. The first kappa shape index (κ1) is 21.6. The first-order chi connectivity index (χ1) is 13.1. The molecule has 0 aliphatic heterocycles. The smallest absolute Gasteiger partial charge is 0.376 e. The zero-order valence-corrected chi connectivity index (χ0v) is 16.2. The third-order valence-corrected chi connectivity index (χ3v) is 4.37. The molecular formula is C17H19F3N4O3S. The van der Waals surface area contributed by atoms with Crippen LogP contribution >= 0.6 is 11.8 Å². The van der Waals surface area contributed by atoms with E-state index in [1.54, 1.807) is 32.0 Å². The van der Waals surface area contributed by atoms with Crippen LogP contribution in [-0.2, 0) is 15.8 Å². The number of carbonyl (C=O) groups excluding carboxylic acids is 2. The number of halogens is 3. The Kier molecular flexibility index (Phi) is 6.95. The molecule has 11 heteroatoms. The maximum Gasteiger partial charge on any atom is 0.416 e. The molecule has 0 atom stereocenters. The van der Waals surface area contributed by atoms with E-state index in [0.29, 0.717) is 11.4 Å². The van der Waals surface area contributed by atoms with E-state index in [1.165, 1.54) is 6.07 Å². The number of aryl methyl sites for hydroxylation is 1. The van der Waals surface area contributed by atoms with Crippen LogP contribution in [0.15, 0.2) is 28.8 Å². The van der Waals surface area contributed by atoms with Gasteiger partial charge in [-0.15, -0.1) is 11.8 Å². The first-order valence-corrected chi connectivity index (χ1v) is 9.21. The number of anilines is 3. The number of benzene rings is 1. The molecule has 7 nitrogen and oxygen atoms in total. The Morgan fingerprint density at radius 2 is 1.79 bits per heavy atom. The highest BCUT2D eigenvalue weighted by molar-refractivity contribution is 8.00. The van der Waals surface area contributed by atoms with Crippen LogP contribution in [0.5, 0.6) is 0 Å². The van der Waals surface area contributed by atoms with Gasteiger partial charge in [0.15, 0.2) is 5.82 Å². The second kappa shape index (κ2) is 9.00. The fourth-order valence-electron chi connectivity index (χ4n) is 2.23. The molecular weight excluding hydrogens is 397 g/mol. The van der Waals surface area contributed by atoms with Gasteiger partial charge in [-0.25, -0.2) is 0 Å². The molecule has 0 unspecified atom stereocenters. The van der Waals surface area contributed by atoms with Gasteiger partial charge >= 0.3 is 6.18 Å². The Bertz CT molecular complexity index is 852. The van der Waals surface area contributed by atoms with Crippen LogP contribution < -0.4 is 15.5 Å². The van der Waals surface area contributed by atoms with Crippen molar-refractivity contribution < 1.29 is 27.3 Å². The topological polar surface area (TPSA) is 87.5 Å². The predicted molar refractivity (Wildman–Crippen MR) is 102 cm³/mol. The first-order valence-electron chi connectivity index (χ1n) is 8.05. The minimum Gasteiger partial charge on any atom is -0.376 e. The summed E-state index contributed by atoms with van der Waals surface area (Å²) in [4.78, 5) is 25.5. The average molecular weight is 416 g/mol. The number of alkyl halides is 3. The molecule has 0 fully saturated rings. The number of rotatable bonds is 7. The minimum atomic E-state index is -4.52. The van der Waals surface area contributed by atoms with E-state index < -0.39 is 17.6 Å². The third kappa shape index (κ3) is 6.19. The summed E-state index contributed by atoms with van der Waals surface area (Å²) in [5.74, 6) is -0.208. The summed E-state index contributed by atoms with van der Waals surface area (Å²) >= 11 is 1.02. The van der Waals surface area contributed by atoms with Crippen molar-refractivity contribution in [3.63, 3.8) is 0 Å². The van der Waals surface area contributed by atoms with E-state index in [0.717, 1.165) is 23.9 Å². The maximum atomic E-state index is 12.9. The molecule has 0 saturated carbocycles. The highest BCUT2D eigenvalue weighted by Crippen LogP contribution is 2.34. The molecule has 1 aromatic carbocycles. The number of hydrogen-bond acceptors (Lipinski definition) is 6. The van der Waals surface area contributed by atoms with Crippen LogP contribution in [0.2, 0.25) is 0 Å². The molecule has 28 heavy (non-hydrogen) atoms. The molecule has 0 saturated heterocycles. The summed E-state index contributed by atoms with van der Waals surface area (Å²) in [7, 11) is 3.31. The Morgan fingerprint density at radius 3 is 2.32 bits per heavy atom. The van der Waals surface area contributed by atoms with Crippen LogP contribution in [0, 0.1) is 6.92 Å². The van der Waals surface area contributed by atoms with E-state index in [4.69, 9.17) is 4.52 Å². The molecule has 152 valence electrons. The number of aromatic nitrogens is 1. The zero-order chi connectivity index (χ0) is 20.9. The van der Waals surface area contributed by atoms with Gasteiger partial charge in [0.1, 0.15) is 5.76 Å². The van der Waals surface area contributed by atoms with Crippen LogP contribution in [0.25, 0.3) is 0 Å². The highest BCUT2D eigenvalue weighted by atomic mass is 32.2. The number of hydrogen-bond donors (Lipinski definition) is 2. The molecule has 1 heterocycles.